The van der Waals surface area contributed by atoms with Gasteiger partial charge < -0.3 is 4.42 Å². The van der Waals surface area contributed by atoms with Crippen LogP contribution in [-0.2, 0) is 5.41 Å². The Hall–Kier alpha value is -7.62. The molecular formula is C55H30N2O. The molecule has 11 aromatic rings. The average molecular weight is 735 g/mol. The fraction of sp³-hybridized carbons (Fsp3) is 0.0182. The molecule has 3 aliphatic rings. The topological polar surface area (TPSA) is 38.9 Å². The molecule has 0 radical (unpaired) electrons. The molecule has 266 valence electrons. The third-order valence-corrected chi connectivity index (χ3v) is 13.2. The van der Waals surface area contributed by atoms with Gasteiger partial charge in [-0.25, -0.2) is 9.97 Å². The lowest BCUT2D eigenvalue weighted by Crippen LogP contribution is -2.26. The highest BCUT2D eigenvalue weighted by Crippen LogP contribution is 2.66. The van der Waals surface area contributed by atoms with Gasteiger partial charge in [-0.05, 0) is 120 Å². The standard InChI is InChI=1S/C55H30N2O/c1-2-13-34-33(12-1)38-18-11-19-41-51(38)43(34)30-47-52(41)39-16-4-8-21-45(39)55(47)44-20-7-3-14-35(44)36-26-24-32(29-46(36)55)54-56-48-22-9-5-17-40(48)53(57-54)31-25-27-50-42(28-31)37-15-6-10-23-49(37)58-50/h1-30H. The Morgan fingerprint density at radius 1 is 0.362 bits per heavy atom. The normalized spacial score (nSPS) is 15.3. The van der Waals surface area contributed by atoms with E-state index in [1.165, 1.54) is 77.5 Å². The first-order valence-corrected chi connectivity index (χ1v) is 20.0. The van der Waals surface area contributed by atoms with Crippen LogP contribution in [0, 0.1) is 0 Å². The summed E-state index contributed by atoms with van der Waals surface area (Å²) in [6, 6.07) is 66.4. The van der Waals surface area contributed by atoms with Crippen LogP contribution in [-0.4, -0.2) is 9.97 Å². The highest BCUT2D eigenvalue weighted by Gasteiger charge is 2.52. The number of hydrogen-bond acceptors (Lipinski definition) is 3. The van der Waals surface area contributed by atoms with Gasteiger partial charge in [0.15, 0.2) is 5.82 Å². The zero-order valence-corrected chi connectivity index (χ0v) is 31.1. The zero-order valence-electron chi connectivity index (χ0n) is 31.1. The van der Waals surface area contributed by atoms with Gasteiger partial charge in [-0.15, -0.1) is 0 Å². The number of fused-ring (bicyclic) bond motifs is 18. The molecule has 0 aliphatic heterocycles. The minimum atomic E-state index is -0.529. The van der Waals surface area contributed by atoms with Gasteiger partial charge in [-0.1, -0.05) is 140 Å². The van der Waals surface area contributed by atoms with Crippen molar-refractivity contribution in [3.05, 3.63) is 204 Å². The number of para-hydroxylation sites is 2. The van der Waals surface area contributed by atoms with Crippen LogP contribution in [0.4, 0.5) is 0 Å². The molecule has 9 aromatic carbocycles. The van der Waals surface area contributed by atoms with Crippen LogP contribution in [0.3, 0.4) is 0 Å². The monoisotopic (exact) mass is 734 g/mol. The molecule has 2 heterocycles. The molecule has 3 nitrogen and oxygen atoms in total. The summed E-state index contributed by atoms with van der Waals surface area (Å²) in [5.41, 5.74) is 20.8. The second kappa shape index (κ2) is 10.8. The summed E-state index contributed by atoms with van der Waals surface area (Å²) in [5, 5.41) is 5.88. The van der Waals surface area contributed by atoms with Gasteiger partial charge in [0, 0.05) is 27.3 Å². The van der Waals surface area contributed by atoms with Crippen LogP contribution in [0.1, 0.15) is 22.3 Å². The van der Waals surface area contributed by atoms with Gasteiger partial charge in [-0.3, -0.25) is 0 Å². The maximum Gasteiger partial charge on any atom is 0.160 e. The van der Waals surface area contributed by atoms with Gasteiger partial charge in [0.1, 0.15) is 11.2 Å². The maximum atomic E-state index is 6.21. The first kappa shape index (κ1) is 30.6. The highest BCUT2D eigenvalue weighted by atomic mass is 16.3. The van der Waals surface area contributed by atoms with E-state index in [-0.39, 0.29) is 0 Å². The predicted molar refractivity (Wildman–Crippen MR) is 236 cm³/mol. The van der Waals surface area contributed by atoms with Crippen molar-refractivity contribution in [2.24, 2.45) is 0 Å². The van der Waals surface area contributed by atoms with Crippen molar-refractivity contribution >= 4 is 43.6 Å². The van der Waals surface area contributed by atoms with Gasteiger partial charge in [-0.2, -0.15) is 0 Å². The van der Waals surface area contributed by atoms with Gasteiger partial charge in [0.25, 0.3) is 0 Å². The fourth-order valence-electron chi connectivity index (χ4n) is 10.9. The zero-order chi connectivity index (χ0) is 37.7. The van der Waals surface area contributed by atoms with Gasteiger partial charge >= 0.3 is 0 Å². The first-order chi connectivity index (χ1) is 28.8. The summed E-state index contributed by atoms with van der Waals surface area (Å²) in [5.74, 6) is 0.710. The third-order valence-electron chi connectivity index (χ3n) is 13.2. The molecule has 0 N–H and O–H groups in total. The van der Waals surface area contributed by atoms with E-state index >= 15 is 0 Å². The lowest BCUT2D eigenvalue weighted by molar-refractivity contribution is 0.669. The molecule has 14 rings (SSSR count). The minimum absolute atomic E-state index is 0.529. The first-order valence-electron chi connectivity index (χ1n) is 20.0. The van der Waals surface area contributed by atoms with Crippen molar-refractivity contribution in [2.75, 3.05) is 0 Å². The third kappa shape index (κ3) is 3.70. The van der Waals surface area contributed by atoms with Crippen LogP contribution in [0.15, 0.2) is 186 Å². The minimum Gasteiger partial charge on any atom is -0.456 e. The summed E-state index contributed by atoms with van der Waals surface area (Å²) in [6.45, 7) is 0. The molecule has 0 saturated carbocycles. The maximum absolute atomic E-state index is 6.21. The molecule has 1 unspecified atom stereocenters. The Morgan fingerprint density at radius 2 is 1.00 bits per heavy atom. The number of furan rings is 1. The quantitative estimate of drug-likeness (QED) is 0.177. The molecule has 2 aromatic heterocycles. The number of rotatable bonds is 2. The van der Waals surface area contributed by atoms with E-state index in [2.05, 4.69) is 170 Å². The van der Waals surface area contributed by atoms with Crippen molar-refractivity contribution in [3.63, 3.8) is 0 Å². The summed E-state index contributed by atoms with van der Waals surface area (Å²) in [4.78, 5) is 10.7. The van der Waals surface area contributed by atoms with Crippen LogP contribution >= 0.6 is 0 Å². The van der Waals surface area contributed by atoms with Crippen LogP contribution in [0.25, 0.3) is 111 Å². The van der Waals surface area contributed by atoms with Crippen LogP contribution < -0.4 is 0 Å². The molecule has 3 aliphatic carbocycles. The molecule has 1 atom stereocenters. The molecule has 0 bridgehead atoms. The Bertz CT molecular complexity index is 3650. The van der Waals surface area contributed by atoms with Crippen molar-refractivity contribution in [1.82, 2.24) is 9.97 Å². The second-order valence-electron chi connectivity index (χ2n) is 15.9. The number of hydrogen-bond donors (Lipinski definition) is 0. The second-order valence-corrected chi connectivity index (χ2v) is 15.9. The van der Waals surface area contributed by atoms with E-state index < -0.39 is 5.41 Å². The van der Waals surface area contributed by atoms with E-state index in [1.54, 1.807) is 0 Å². The number of nitrogens with zero attached hydrogens (tertiary/aromatic N) is 2. The molecule has 0 saturated heterocycles. The summed E-state index contributed by atoms with van der Waals surface area (Å²) in [7, 11) is 0. The Balaban J connectivity index is 1.05. The fourth-order valence-corrected chi connectivity index (χ4v) is 10.9. The Morgan fingerprint density at radius 3 is 1.88 bits per heavy atom. The Labute approximate surface area is 333 Å². The van der Waals surface area contributed by atoms with E-state index in [9.17, 15) is 0 Å². The molecule has 3 heteroatoms. The summed E-state index contributed by atoms with van der Waals surface area (Å²) in [6.07, 6.45) is 0. The highest BCUT2D eigenvalue weighted by molar-refractivity contribution is 6.21. The van der Waals surface area contributed by atoms with Crippen molar-refractivity contribution < 1.29 is 4.42 Å². The van der Waals surface area contributed by atoms with Crippen LogP contribution in [0.2, 0.25) is 0 Å². The SMILES string of the molecule is c1ccc2c(c1)-c1cccc3c4c(cc-2c13)C1(c2ccccc2-c2ccc(-c3nc(-c5ccc6oc7ccccc7c6c5)c5ccccc5n3)cc21)c1ccccc1-4. The molecule has 0 fully saturated rings. The number of benzene rings is 9. The average Bonchev–Trinajstić information content (AvgIpc) is 4.00. The van der Waals surface area contributed by atoms with Crippen LogP contribution in [0.5, 0.6) is 0 Å². The van der Waals surface area contributed by atoms with Gasteiger partial charge in [0.05, 0.1) is 16.6 Å². The van der Waals surface area contributed by atoms with Crippen molar-refractivity contribution in [1.29, 1.82) is 0 Å². The van der Waals surface area contributed by atoms with Crippen molar-refractivity contribution in [2.45, 2.75) is 5.41 Å². The Kier molecular flexibility index (Phi) is 5.70. The van der Waals surface area contributed by atoms with E-state index in [0.717, 1.165) is 49.7 Å². The molecular weight excluding hydrogens is 705 g/mol. The summed E-state index contributed by atoms with van der Waals surface area (Å²) >= 11 is 0. The van der Waals surface area contributed by atoms with E-state index in [0.29, 0.717) is 5.82 Å². The van der Waals surface area contributed by atoms with E-state index in [1.807, 2.05) is 12.1 Å². The molecule has 58 heavy (non-hydrogen) atoms. The number of aromatic nitrogens is 2. The predicted octanol–water partition coefficient (Wildman–Crippen LogP) is 14.0. The van der Waals surface area contributed by atoms with Crippen molar-refractivity contribution in [3.8, 4) is 67.2 Å². The largest absolute Gasteiger partial charge is 0.456 e. The smallest absolute Gasteiger partial charge is 0.160 e. The lowest BCUT2D eigenvalue weighted by Gasteiger charge is -2.31. The molecule has 1 spiro atoms. The lowest BCUT2D eigenvalue weighted by atomic mass is 9.70. The van der Waals surface area contributed by atoms with Gasteiger partial charge in [0.2, 0.25) is 0 Å². The molecule has 0 amide bonds. The van der Waals surface area contributed by atoms with E-state index in [4.69, 9.17) is 14.4 Å². The summed E-state index contributed by atoms with van der Waals surface area (Å²) < 4.78 is 6.21.